The highest BCUT2D eigenvalue weighted by molar-refractivity contribution is 5.91. The third-order valence-electron chi connectivity index (χ3n) is 5.43. The molecule has 0 aliphatic rings. The zero-order chi connectivity index (χ0) is 23.2. The third kappa shape index (κ3) is 5.80. The average Bonchev–Trinajstić information content (AvgIpc) is 3.32. The van der Waals surface area contributed by atoms with E-state index >= 15 is 0 Å². The largest absolute Gasteiger partial charge is 0.478 e. The number of carboxylic acids is 1. The van der Waals surface area contributed by atoms with E-state index in [1.54, 1.807) is 42.9 Å². The fraction of sp³-hybridized carbons (Fsp3) is 0.111. The second-order valence-corrected chi connectivity index (χ2v) is 7.76. The molecule has 0 saturated heterocycles. The minimum atomic E-state index is -1.00. The van der Waals surface area contributed by atoms with Crippen LogP contribution in [0.4, 0.5) is 8.78 Å². The van der Waals surface area contributed by atoms with Gasteiger partial charge in [0.15, 0.2) is 0 Å². The van der Waals surface area contributed by atoms with Gasteiger partial charge in [-0.25, -0.2) is 18.6 Å². The van der Waals surface area contributed by atoms with Crippen LogP contribution in [0.25, 0.3) is 11.6 Å². The lowest BCUT2D eigenvalue weighted by atomic mass is 9.96. The number of aryl methyl sites for hydroxylation is 2. The molecule has 33 heavy (non-hydrogen) atoms. The summed E-state index contributed by atoms with van der Waals surface area (Å²) in [6.45, 7) is 0.500. The Labute approximate surface area is 190 Å². The van der Waals surface area contributed by atoms with Gasteiger partial charge in [0, 0.05) is 18.9 Å². The van der Waals surface area contributed by atoms with Crippen molar-refractivity contribution in [2.45, 2.75) is 19.4 Å². The summed E-state index contributed by atoms with van der Waals surface area (Å²) < 4.78 is 28.5. The second-order valence-electron chi connectivity index (χ2n) is 7.76. The van der Waals surface area contributed by atoms with Gasteiger partial charge < -0.3 is 9.67 Å². The molecule has 0 spiro atoms. The zero-order valence-electron chi connectivity index (χ0n) is 17.8. The van der Waals surface area contributed by atoms with Crippen molar-refractivity contribution in [1.29, 1.82) is 0 Å². The van der Waals surface area contributed by atoms with E-state index in [0.717, 1.165) is 22.3 Å². The Morgan fingerprint density at radius 3 is 2.27 bits per heavy atom. The lowest BCUT2D eigenvalue weighted by Crippen LogP contribution is -2.05. The first-order valence-corrected chi connectivity index (χ1v) is 10.5. The Hall–Kier alpha value is -4.06. The number of allylic oxidation sites excluding steroid dienone is 1. The van der Waals surface area contributed by atoms with Gasteiger partial charge in [-0.1, -0.05) is 36.4 Å². The topological polar surface area (TPSA) is 55.1 Å². The molecule has 0 aliphatic carbocycles. The van der Waals surface area contributed by atoms with E-state index in [2.05, 4.69) is 4.98 Å². The summed E-state index contributed by atoms with van der Waals surface area (Å²) in [5, 5.41) is 9.79. The first-order valence-electron chi connectivity index (χ1n) is 10.5. The van der Waals surface area contributed by atoms with Crippen LogP contribution in [0.15, 0.2) is 85.5 Å². The van der Waals surface area contributed by atoms with Crippen molar-refractivity contribution < 1.29 is 18.7 Å². The predicted octanol–water partition coefficient (Wildman–Crippen LogP) is 5.89. The van der Waals surface area contributed by atoms with Crippen molar-refractivity contribution in [3.63, 3.8) is 0 Å². The van der Waals surface area contributed by atoms with Crippen molar-refractivity contribution in [2.75, 3.05) is 0 Å². The average molecular weight is 444 g/mol. The Morgan fingerprint density at radius 2 is 1.64 bits per heavy atom. The molecule has 6 heteroatoms. The molecule has 0 fully saturated rings. The Balaban J connectivity index is 1.63. The number of carboxylic acid groups (broad SMARTS) is 1. The first kappa shape index (κ1) is 22.1. The smallest absolute Gasteiger partial charge is 0.335 e. The van der Waals surface area contributed by atoms with Crippen LogP contribution in [0.5, 0.6) is 0 Å². The van der Waals surface area contributed by atoms with Crippen LogP contribution in [-0.2, 0) is 19.4 Å². The number of aromatic nitrogens is 2. The highest BCUT2D eigenvalue weighted by atomic mass is 19.1. The second kappa shape index (κ2) is 10.0. The molecule has 0 saturated carbocycles. The molecule has 0 aliphatic heterocycles. The molecule has 0 radical (unpaired) electrons. The summed E-state index contributed by atoms with van der Waals surface area (Å²) in [7, 11) is 0. The molecule has 1 heterocycles. The van der Waals surface area contributed by atoms with Gasteiger partial charge in [-0.15, -0.1) is 0 Å². The summed E-state index contributed by atoms with van der Waals surface area (Å²) in [4.78, 5) is 16.0. The number of carbonyl (C=O) groups is 1. The van der Waals surface area contributed by atoms with Crippen LogP contribution in [0.1, 0.15) is 32.6 Å². The van der Waals surface area contributed by atoms with Gasteiger partial charge in [0.25, 0.3) is 0 Å². The molecule has 0 atom stereocenters. The predicted molar refractivity (Wildman–Crippen MR) is 124 cm³/mol. The van der Waals surface area contributed by atoms with Crippen LogP contribution in [0.3, 0.4) is 0 Å². The van der Waals surface area contributed by atoms with Crippen molar-refractivity contribution in [1.82, 2.24) is 9.55 Å². The molecule has 1 aromatic heterocycles. The molecular weight excluding hydrogens is 422 g/mol. The molecule has 0 unspecified atom stereocenters. The minimum Gasteiger partial charge on any atom is -0.478 e. The van der Waals surface area contributed by atoms with Crippen LogP contribution in [0.2, 0.25) is 0 Å². The van der Waals surface area contributed by atoms with Gasteiger partial charge in [-0.05, 0) is 77.1 Å². The lowest BCUT2D eigenvalue weighted by molar-refractivity contribution is 0.0695. The molecular formula is C27H22F2N2O2. The van der Waals surface area contributed by atoms with Crippen LogP contribution in [-0.4, -0.2) is 20.6 Å². The van der Waals surface area contributed by atoms with Crippen molar-refractivity contribution in [3.05, 3.63) is 125 Å². The van der Waals surface area contributed by atoms with E-state index in [1.165, 1.54) is 24.3 Å². The first-order chi connectivity index (χ1) is 16.0. The Morgan fingerprint density at radius 1 is 0.939 bits per heavy atom. The van der Waals surface area contributed by atoms with Crippen LogP contribution >= 0.6 is 0 Å². The standard InChI is InChI=1S/C27H22F2N2O2/c28-24-9-3-19(4-10-24)1-5-22-6-2-20(16-26(22)27(32)33)15-23(17-31-14-13-30-18-31)21-7-11-25(29)12-8-21/h2-4,6-16,18H,1,5,17H2,(H,32,33)/b23-15-. The Bertz CT molecular complexity index is 1260. The maximum Gasteiger partial charge on any atom is 0.335 e. The van der Waals surface area contributed by atoms with Gasteiger partial charge in [0.05, 0.1) is 11.9 Å². The van der Waals surface area contributed by atoms with Crippen molar-refractivity contribution in [2.24, 2.45) is 0 Å². The van der Waals surface area contributed by atoms with Gasteiger partial charge >= 0.3 is 5.97 Å². The minimum absolute atomic E-state index is 0.229. The monoisotopic (exact) mass is 444 g/mol. The number of aromatic carboxylic acids is 1. The number of hydrogen-bond donors (Lipinski definition) is 1. The van der Waals surface area contributed by atoms with Crippen molar-refractivity contribution >= 4 is 17.6 Å². The van der Waals surface area contributed by atoms with Gasteiger partial charge in [-0.2, -0.15) is 0 Å². The van der Waals surface area contributed by atoms with E-state index in [4.69, 9.17) is 0 Å². The molecule has 166 valence electrons. The van der Waals surface area contributed by atoms with Crippen LogP contribution < -0.4 is 0 Å². The van der Waals surface area contributed by atoms with E-state index in [9.17, 15) is 18.7 Å². The fourth-order valence-electron chi connectivity index (χ4n) is 3.69. The lowest BCUT2D eigenvalue weighted by Gasteiger charge is -2.11. The third-order valence-corrected chi connectivity index (χ3v) is 5.43. The molecule has 0 bridgehead atoms. The number of nitrogens with zero attached hydrogens (tertiary/aromatic N) is 2. The molecule has 4 aromatic rings. The number of halogens is 2. The summed E-state index contributed by atoms with van der Waals surface area (Å²) in [6.07, 6.45) is 8.25. The highest BCUT2D eigenvalue weighted by Gasteiger charge is 2.12. The maximum absolute atomic E-state index is 13.4. The highest BCUT2D eigenvalue weighted by Crippen LogP contribution is 2.23. The molecule has 4 nitrogen and oxygen atoms in total. The van der Waals surface area contributed by atoms with E-state index in [0.29, 0.717) is 24.9 Å². The summed E-state index contributed by atoms with van der Waals surface area (Å²) in [6, 6.07) is 17.8. The Kier molecular flexibility index (Phi) is 6.74. The van der Waals surface area contributed by atoms with Gasteiger partial charge in [-0.3, -0.25) is 0 Å². The summed E-state index contributed by atoms with van der Waals surface area (Å²) >= 11 is 0. The normalized spacial score (nSPS) is 11.5. The van der Waals surface area contributed by atoms with Gasteiger partial charge in [0.1, 0.15) is 11.6 Å². The van der Waals surface area contributed by atoms with E-state index in [1.807, 2.05) is 29.0 Å². The molecule has 0 amide bonds. The van der Waals surface area contributed by atoms with E-state index in [-0.39, 0.29) is 17.2 Å². The number of hydrogen-bond acceptors (Lipinski definition) is 2. The van der Waals surface area contributed by atoms with Crippen LogP contribution in [0, 0.1) is 11.6 Å². The summed E-state index contributed by atoms with van der Waals surface area (Å²) in [5.74, 6) is -1.62. The molecule has 3 aromatic carbocycles. The van der Waals surface area contributed by atoms with E-state index < -0.39 is 5.97 Å². The molecule has 1 N–H and O–H groups in total. The van der Waals surface area contributed by atoms with Gasteiger partial charge in [0.2, 0.25) is 0 Å². The SMILES string of the molecule is O=C(O)c1cc(/C=C(/Cn2ccnc2)c2ccc(F)cc2)ccc1CCc1ccc(F)cc1. The zero-order valence-corrected chi connectivity index (χ0v) is 17.8. The van der Waals surface area contributed by atoms with Crippen molar-refractivity contribution in [3.8, 4) is 0 Å². The quantitative estimate of drug-likeness (QED) is 0.345. The maximum atomic E-state index is 13.4. The fourth-order valence-corrected chi connectivity index (χ4v) is 3.69. The number of rotatable bonds is 8. The molecule has 4 rings (SSSR count). The summed E-state index contributed by atoms with van der Waals surface area (Å²) in [5.41, 5.74) is 4.34. The number of imidazole rings is 1. The number of benzene rings is 3.